The van der Waals surface area contributed by atoms with E-state index >= 15 is 0 Å². The summed E-state index contributed by atoms with van der Waals surface area (Å²) in [6.07, 6.45) is 4.77. The minimum absolute atomic E-state index is 0.0306. The maximum atomic E-state index is 12.1. The highest BCUT2D eigenvalue weighted by Gasteiger charge is 2.17. The first-order chi connectivity index (χ1) is 8.63. The van der Waals surface area contributed by atoms with Gasteiger partial charge in [0, 0.05) is 32.8 Å². The summed E-state index contributed by atoms with van der Waals surface area (Å²) in [5.41, 5.74) is 5.87. The summed E-state index contributed by atoms with van der Waals surface area (Å²) in [5.74, 6) is 0.226. The number of nitrogens with zero attached hydrogens (tertiary/aromatic N) is 2. The fraction of sp³-hybridized carbons (Fsp3) is 0.923. The molecule has 1 aliphatic rings. The fourth-order valence-corrected chi connectivity index (χ4v) is 2.38. The smallest absolute Gasteiger partial charge is 0.236 e. The SMILES string of the molecule is COCC(N)CN(C)CC(=O)N1CCCCCC1. The Hall–Kier alpha value is -0.650. The van der Waals surface area contributed by atoms with Crippen LogP contribution in [0.15, 0.2) is 0 Å². The molecule has 2 N–H and O–H groups in total. The maximum absolute atomic E-state index is 12.1. The number of carbonyl (C=O) groups excluding carboxylic acids is 1. The monoisotopic (exact) mass is 257 g/mol. The molecule has 0 bridgehead atoms. The lowest BCUT2D eigenvalue weighted by Gasteiger charge is -2.25. The summed E-state index contributed by atoms with van der Waals surface area (Å²) in [4.78, 5) is 16.1. The number of amides is 1. The molecule has 0 radical (unpaired) electrons. The van der Waals surface area contributed by atoms with Crippen molar-refractivity contribution in [3.8, 4) is 0 Å². The molecule has 1 aliphatic heterocycles. The normalized spacial score (nSPS) is 18.8. The molecule has 0 spiro atoms. The lowest BCUT2D eigenvalue weighted by atomic mass is 10.2. The van der Waals surface area contributed by atoms with Crippen LogP contribution in [0.3, 0.4) is 0 Å². The van der Waals surface area contributed by atoms with Crippen LogP contribution in [-0.2, 0) is 9.53 Å². The van der Waals surface area contributed by atoms with Gasteiger partial charge in [0.25, 0.3) is 0 Å². The summed E-state index contributed by atoms with van der Waals surface area (Å²) in [5, 5.41) is 0. The van der Waals surface area contributed by atoms with Crippen LogP contribution in [0.4, 0.5) is 0 Å². The van der Waals surface area contributed by atoms with E-state index in [0.717, 1.165) is 25.9 Å². The van der Waals surface area contributed by atoms with Crippen LogP contribution >= 0.6 is 0 Å². The molecule has 1 rings (SSSR count). The van der Waals surface area contributed by atoms with Crippen molar-refractivity contribution in [2.75, 3.05) is 46.9 Å². The van der Waals surface area contributed by atoms with Gasteiger partial charge in [0.2, 0.25) is 5.91 Å². The van der Waals surface area contributed by atoms with Gasteiger partial charge in [0.05, 0.1) is 13.2 Å². The van der Waals surface area contributed by atoms with E-state index in [1.165, 1.54) is 12.8 Å². The number of rotatable bonds is 6. The first-order valence-corrected chi connectivity index (χ1v) is 6.84. The third-order valence-corrected chi connectivity index (χ3v) is 3.29. The second kappa shape index (κ2) is 8.45. The number of carbonyl (C=O) groups is 1. The molecule has 106 valence electrons. The molecule has 18 heavy (non-hydrogen) atoms. The summed E-state index contributed by atoms with van der Waals surface area (Å²) in [6.45, 7) is 3.50. The Bertz CT molecular complexity index is 240. The molecule has 0 aliphatic carbocycles. The van der Waals surface area contributed by atoms with Gasteiger partial charge in [0.15, 0.2) is 0 Å². The van der Waals surface area contributed by atoms with Crippen LogP contribution in [0, 0.1) is 0 Å². The van der Waals surface area contributed by atoms with Crippen molar-refractivity contribution in [2.45, 2.75) is 31.7 Å². The largest absolute Gasteiger partial charge is 0.383 e. The number of hydrogen-bond acceptors (Lipinski definition) is 4. The first-order valence-electron chi connectivity index (χ1n) is 6.84. The van der Waals surface area contributed by atoms with E-state index in [1.54, 1.807) is 7.11 Å². The predicted molar refractivity (Wildman–Crippen MR) is 72.4 cm³/mol. The highest BCUT2D eigenvalue weighted by molar-refractivity contribution is 5.78. The molecule has 1 saturated heterocycles. The van der Waals surface area contributed by atoms with E-state index in [9.17, 15) is 4.79 Å². The Morgan fingerprint density at radius 3 is 2.50 bits per heavy atom. The predicted octanol–water partition coefficient (Wildman–Crippen LogP) is 0.295. The van der Waals surface area contributed by atoms with Gasteiger partial charge in [-0.3, -0.25) is 9.69 Å². The highest BCUT2D eigenvalue weighted by atomic mass is 16.5. The van der Waals surface area contributed by atoms with E-state index in [2.05, 4.69) is 0 Å². The molecule has 1 fully saturated rings. The minimum Gasteiger partial charge on any atom is -0.383 e. The van der Waals surface area contributed by atoms with Gasteiger partial charge in [-0.1, -0.05) is 12.8 Å². The van der Waals surface area contributed by atoms with Crippen LogP contribution in [0.2, 0.25) is 0 Å². The number of nitrogens with two attached hydrogens (primary N) is 1. The van der Waals surface area contributed by atoms with E-state index in [1.807, 2.05) is 16.8 Å². The van der Waals surface area contributed by atoms with Gasteiger partial charge >= 0.3 is 0 Å². The lowest BCUT2D eigenvalue weighted by Crippen LogP contribution is -2.44. The summed E-state index contributed by atoms with van der Waals surface area (Å²) in [6, 6.07) is -0.0306. The van der Waals surface area contributed by atoms with Crippen LogP contribution in [0.25, 0.3) is 0 Å². The Morgan fingerprint density at radius 2 is 1.94 bits per heavy atom. The Kier molecular flexibility index (Phi) is 7.23. The zero-order valence-corrected chi connectivity index (χ0v) is 11.7. The zero-order valence-electron chi connectivity index (χ0n) is 11.7. The van der Waals surface area contributed by atoms with Gasteiger partial charge in [-0.15, -0.1) is 0 Å². The summed E-state index contributed by atoms with van der Waals surface area (Å²) >= 11 is 0. The molecule has 1 unspecified atom stereocenters. The summed E-state index contributed by atoms with van der Waals surface area (Å²) < 4.78 is 5.00. The molecule has 5 heteroatoms. The average molecular weight is 257 g/mol. The van der Waals surface area contributed by atoms with Crippen molar-refractivity contribution in [1.82, 2.24) is 9.80 Å². The molecule has 0 aromatic carbocycles. The fourth-order valence-electron chi connectivity index (χ4n) is 2.38. The van der Waals surface area contributed by atoms with Crippen molar-refractivity contribution in [3.63, 3.8) is 0 Å². The number of likely N-dealkylation sites (tertiary alicyclic amines) is 1. The van der Waals surface area contributed by atoms with Crippen LogP contribution in [0.1, 0.15) is 25.7 Å². The molecule has 1 atom stereocenters. The molecule has 0 saturated carbocycles. The van der Waals surface area contributed by atoms with Crippen LogP contribution in [0.5, 0.6) is 0 Å². The van der Waals surface area contributed by atoms with E-state index in [-0.39, 0.29) is 11.9 Å². The van der Waals surface area contributed by atoms with E-state index < -0.39 is 0 Å². The topological polar surface area (TPSA) is 58.8 Å². The number of hydrogen-bond donors (Lipinski definition) is 1. The molecule has 1 amide bonds. The molecular formula is C13H27N3O2. The van der Waals surface area contributed by atoms with E-state index in [0.29, 0.717) is 19.7 Å². The number of ether oxygens (including phenoxy) is 1. The Balaban J connectivity index is 2.29. The number of methoxy groups -OCH3 is 1. The van der Waals surface area contributed by atoms with Crippen LogP contribution in [-0.4, -0.2) is 68.7 Å². The molecule has 0 aromatic rings. The van der Waals surface area contributed by atoms with Crippen LogP contribution < -0.4 is 5.73 Å². The molecular weight excluding hydrogens is 230 g/mol. The second-order valence-electron chi connectivity index (χ2n) is 5.21. The quantitative estimate of drug-likeness (QED) is 0.743. The maximum Gasteiger partial charge on any atom is 0.236 e. The third-order valence-electron chi connectivity index (χ3n) is 3.29. The summed E-state index contributed by atoms with van der Waals surface area (Å²) in [7, 11) is 3.58. The zero-order chi connectivity index (χ0) is 13.4. The highest BCUT2D eigenvalue weighted by Crippen LogP contribution is 2.09. The molecule has 5 nitrogen and oxygen atoms in total. The van der Waals surface area contributed by atoms with Crippen molar-refractivity contribution in [1.29, 1.82) is 0 Å². The second-order valence-corrected chi connectivity index (χ2v) is 5.21. The molecule has 1 heterocycles. The first kappa shape index (κ1) is 15.4. The van der Waals surface area contributed by atoms with E-state index in [4.69, 9.17) is 10.5 Å². The van der Waals surface area contributed by atoms with Gasteiger partial charge in [-0.05, 0) is 19.9 Å². The lowest BCUT2D eigenvalue weighted by molar-refractivity contribution is -0.132. The van der Waals surface area contributed by atoms with Gasteiger partial charge in [0.1, 0.15) is 0 Å². The third kappa shape index (κ3) is 5.80. The van der Waals surface area contributed by atoms with Gasteiger partial charge in [-0.2, -0.15) is 0 Å². The van der Waals surface area contributed by atoms with Crippen molar-refractivity contribution >= 4 is 5.91 Å². The Morgan fingerprint density at radius 1 is 1.33 bits per heavy atom. The van der Waals surface area contributed by atoms with Gasteiger partial charge < -0.3 is 15.4 Å². The Labute approximate surface area is 110 Å². The average Bonchev–Trinajstić information content (AvgIpc) is 2.57. The number of likely N-dealkylation sites (N-methyl/N-ethyl adjacent to an activating group) is 1. The van der Waals surface area contributed by atoms with Crippen molar-refractivity contribution < 1.29 is 9.53 Å². The van der Waals surface area contributed by atoms with Gasteiger partial charge in [-0.25, -0.2) is 0 Å². The minimum atomic E-state index is -0.0306. The van der Waals surface area contributed by atoms with Crippen molar-refractivity contribution in [2.24, 2.45) is 5.73 Å². The molecule has 0 aromatic heterocycles. The standard InChI is InChI=1S/C13H27N3O2/c1-15(9-12(14)11-18-2)10-13(17)16-7-5-3-4-6-8-16/h12H,3-11,14H2,1-2H3. The van der Waals surface area contributed by atoms with Crippen molar-refractivity contribution in [3.05, 3.63) is 0 Å².